The van der Waals surface area contributed by atoms with Crippen molar-refractivity contribution >= 4 is 5.78 Å². The Morgan fingerprint density at radius 1 is 1.60 bits per heavy atom. The van der Waals surface area contributed by atoms with E-state index >= 15 is 0 Å². The van der Waals surface area contributed by atoms with E-state index in [0.717, 1.165) is 12.2 Å². The number of carbonyl (C=O) groups is 1. The molecule has 1 aliphatic rings. The van der Waals surface area contributed by atoms with Crippen LogP contribution in [0.15, 0.2) is 24.0 Å². The summed E-state index contributed by atoms with van der Waals surface area (Å²) in [6.07, 6.45) is 7.57. The SMILES string of the molecule is CCC(=O)C(C)(C)OC1=CC=CCC1C. The minimum atomic E-state index is -0.694. The average Bonchev–Trinajstić information content (AvgIpc) is 2.20. The van der Waals surface area contributed by atoms with Gasteiger partial charge >= 0.3 is 0 Å². The van der Waals surface area contributed by atoms with Crippen molar-refractivity contribution in [2.24, 2.45) is 5.92 Å². The summed E-state index contributed by atoms with van der Waals surface area (Å²) in [6, 6.07) is 0. The highest BCUT2D eigenvalue weighted by Gasteiger charge is 2.30. The second-order valence-electron chi connectivity index (χ2n) is 4.52. The Labute approximate surface area is 92.0 Å². The van der Waals surface area contributed by atoms with Gasteiger partial charge in [-0.3, -0.25) is 4.79 Å². The van der Waals surface area contributed by atoms with E-state index in [9.17, 15) is 4.79 Å². The number of allylic oxidation sites excluding steroid dienone is 4. The second-order valence-corrected chi connectivity index (χ2v) is 4.52. The Morgan fingerprint density at radius 2 is 2.27 bits per heavy atom. The average molecular weight is 208 g/mol. The van der Waals surface area contributed by atoms with E-state index in [-0.39, 0.29) is 5.78 Å². The molecule has 0 fully saturated rings. The third-order valence-electron chi connectivity index (χ3n) is 2.74. The minimum Gasteiger partial charge on any atom is -0.484 e. The molecule has 2 nitrogen and oxygen atoms in total. The van der Waals surface area contributed by atoms with Crippen LogP contribution in [-0.2, 0) is 9.53 Å². The number of rotatable bonds is 4. The monoisotopic (exact) mass is 208 g/mol. The minimum absolute atomic E-state index is 0.144. The number of ketones is 1. The fraction of sp³-hybridized carbons (Fsp3) is 0.615. The Balaban J connectivity index is 2.72. The molecule has 0 bridgehead atoms. The Bertz CT molecular complexity index is 298. The highest BCUT2D eigenvalue weighted by Crippen LogP contribution is 2.26. The van der Waals surface area contributed by atoms with Gasteiger partial charge in [0.15, 0.2) is 11.4 Å². The summed E-state index contributed by atoms with van der Waals surface area (Å²) in [7, 11) is 0. The maximum Gasteiger partial charge on any atom is 0.175 e. The molecular formula is C13H20O2. The van der Waals surface area contributed by atoms with Crippen molar-refractivity contribution in [2.45, 2.75) is 46.1 Å². The molecule has 1 rings (SSSR count). The third-order valence-corrected chi connectivity index (χ3v) is 2.74. The molecule has 0 heterocycles. The summed E-state index contributed by atoms with van der Waals surface area (Å²) in [5.74, 6) is 1.44. The van der Waals surface area contributed by atoms with E-state index in [1.54, 1.807) is 0 Å². The predicted molar refractivity (Wildman–Crippen MR) is 61.5 cm³/mol. The van der Waals surface area contributed by atoms with Crippen LogP contribution in [0.4, 0.5) is 0 Å². The van der Waals surface area contributed by atoms with Crippen molar-refractivity contribution in [3.05, 3.63) is 24.0 Å². The molecular weight excluding hydrogens is 188 g/mol. The summed E-state index contributed by atoms with van der Waals surface area (Å²) in [5, 5.41) is 0. The van der Waals surface area contributed by atoms with Gasteiger partial charge in [-0.2, -0.15) is 0 Å². The quantitative estimate of drug-likeness (QED) is 0.709. The first-order chi connectivity index (χ1) is 6.97. The molecule has 84 valence electrons. The van der Waals surface area contributed by atoms with E-state index in [2.05, 4.69) is 13.0 Å². The van der Waals surface area contributed by atoms with Gasteiger partial charge in [-0.15, -0.1) is 0 Å². The molecule has 0 saturated carbocycles. The molecule has 0 amide bonds. The maximum absolute atomic E-state index is 11.6. The van der Waals surface area contributed by atoms with Gasteiger partial charge in [0.1, 0.15) is 5.76 Å². The van der Waals surface area contributed by atoms with Gasteiger partial charge in [0, 0.05) is 12.3 Å². The molecule has 0 aliphatic heterocycles. The van der Waals surface area contributed by atoms with Gasteiger partial charge in [-0.05, 0) is 26.3 Å². The molecule has 0 aromatic rings. The zero-order valence-electron chi connectivity index (χ0n) is 10.0. The van der Waals surface area contributed by atoms with Gasteiger partial charge < -0.3 is 4.74 Å². The van der Waals surface area contributed by atoms with Crippen molar-refractivity contribution in [1.82, 2.24) is 0 Å². The van der Waals surface area contributed by atoms with Crippen molar-refractivity contribution in [1.29, 1.82) is 0 Å². The lowest BCUT2D eigenvalue weighted by Gasteiger charge is -2.29. The van der Waals surface area contributed by atoms with Gasteiger partial charge in [-0.25, -0.2) is 0 Å². The van der Waals surface area contributed by atoms with E-state index in [0.29, 0.717) is 12.3 Å². The van der Waals surface area contributed by atoms with E-state index in [4.69, 9.17) is 4.74 Å². The summed E-state index contributed by atoms with van der Waals surface area (Å²) in [5.41, 5.74) is -0.694. The van der Waals surface area contributed by atoms with Crippen molar-refractivity contribution in [3.63, 3.8) is 0 Å². The second kappa shape index (κ2) is 4.65. The highest BCUT2D eigenvalue weighted by molar-refractivity contribution is 5.86. The topological polar surface area (TPSA) is 26.3 Å². The lowest BCUT2D eigenvalue weighted by molar-refractivity contribution is -0.136. The van der Waals surface area contributed by atoms with Gasteiger partial charge in [0.2, 0.25) is 0 Å². The van der Waals surface area contributed by atoms with E-state index in [1.807, 2.05) is 32.9 Å². The zero-order valence-corrected chi connectivity index (χ0v) is 10.0. The summed E-state index contributed by atoms with van der Waals surface area (Å²) in [6.45, 7) is 7.66. The first-order valence-electron chi connectivity index (χ1n) is 5.56. The summed E-state index contributed by atoms with van der Waals surface area (Å²) >= 11 is 0. The Morgan fingerprint density at radius 3 is 2.80 bits per heavy atom. The van der Waals surface area contributed by atoms with E-state index in [1.165, 1.54) is 0 Å². The molecule has 1 aliphatic carbocycles. The number of hydrogen-bond acceptors (Lipinski definition) is 2. The van der Waals surface area contributed by atoms with Crippen LogP contribution in [0, 0.1) is 5.92 Å². The van der Waals surface area contributed by atoms with Crippen LogP contribution in [-0.4, -0.2) is 11.4 Å². The van der Waals surface area contributed by atoms with Crippen LogP contribution in [0.1, 0.15) is 40.5 Å². The molecule has 0 spiro atoms. The van der Waals surface area contributed by atoms with Crippen LogP contribution in [0.25, 0.3) is 0 Å². The molecule has 15 heavy (non-hydrogen) atoms. The lowest BCUT2D eigenvalue weighted by Crippen LogP contribution is -2.35. The molecule has 0 aromatic carbocycles. The van der Waals surface area contributed by atoms with Crippen LogP contribution in [0.5, 0.6) is 0 Å². The molecule has 0 aromatic heterocycles. The first kappa shape index (κ1) is 12.0. The summed E-state index contributed by atoms with van der Waals surface area (Å²) < 4.78 is 5.80. The normalized spacial score (nSPS) is 21.1. The molecule has 1 unspecified atom stereocenters. The van der Waals surface area contributed by atoms with Gasteiger partial charge in [0.05, 0.1) is 0 Å². The molecule has 0 radical (unpaired) electrons. The molecule has 0 saturated heterocycles. The lowest BCUT2D eigenvalue weighted by atomic mass is 9.97. The molecule has 0 N–H and O–H groups in total. The first-order valence-corrected chi connectivity index (χ1v) is 5.56. The van der Waals surface area contributed by atoms with Crippen molar-refractivity contribution < 1.29 is 9.53 Å². The van der Waals surface area contributed by atoms with Crippen LogP contribution in [0.3, 0.4) is 0 Å². The van der Waals surface area contributed by atoms with Crippen LogP contribution in [0.2, 0.25) is 0 Å². The number of Topliss-reactive ketones (excluding diaryl/α,β-unsaturated/α-hetero) is 1. The number of ether oxygens (including phenoxy) is 1. The maximum atomic E-state index is 11.6. The van der Waals surface area contributed by atoms with Crippen LogP contribution < -0.4 is 0 Å². The van der Waals surface area contributed by atoms with E-state index < -0.39 is 5.60 Å². The Kier molecular flexibility index (Phi) is 3.72. The molecule has 2 heteroatoms. The summed E-state index contributed by atoms with van der Waals surface area (Å²) in [4.78, 5) is 11.6. The van der Waals surface area contributed by atoms with Gasteiger partial charge in [0.25, 0.3) is 0 Å². The number of carbonyl (C=O) groups excluding carboxylic acids is 1. The van der Waals surface area contributed by atoms with Crippen LogP contribution >= 0.6 is 0 Å². The fourth-order valence-electron chi connectivity index (χ4n) is 1.64. The Hall–Kier alpha value is -1.05. The van der Waals surface area contributed by atoms with Crippen molar-refractivity contribution in [3.8, 4) is 0 Å². The standard InChI is InChI=1S/C13H20O2/c1-5-12(14)13(3,4)15-11-9-7-6-8-10(11)2/h6-7,9-10H,5,8H2,1-4H3. The smallest absolute Gasteiger partial charge is 0.175 e. The molecule has 1 atom stereocenters. The van der Waals surface area contributed by atoms with Crippen molar-refractivity contribution in [2.75, 3.05) is 0 Å². The van der Waals surface area contributed by atoms with Gasteiger partial charge in [-0.1, -0.05) is 26.0 Å². The third kappa shape index (κ3) is 2.95. The highest BCUT2D eigenvalue weighted by atomic mass is 16.5. The largest absolute Gasteiger partial charge is 0.484 e. The number of hydrogen-bond donors (Lipinski definition) is 0. The predicted octanol–water partition coefficient (Wildman–Crippen LogP) is 3.24. The fourth-order valence-corrected chi connectivity index (χ4v) is 1.64. The zero-order chi connectivity index (χ0) is 11.5.